The lowest BCUT2D eigenvalue weighted by Crippen LogP contribution is -2.35. The zero-order valence-corrected chi connectivity index (χ0v) is 21.3. The Morgan fingerprint density at radius 3 is 2.57 bits per heavy atom. The molecule has 0 unspecified atom stereocenters. The molecule has 0 aliphatic heterocycles. The molecular weight excluding hydrogens is 493 g/mol. The maximum absolute atomic E-state index is 13.8. The van der Waals surface area contributed by atoms with Crippen molar-refractivity contribution >= 4 is 34.1 Å². The lowest BCUT2D eigenvalue weighted by atomic mass is 10.1. The number of rotatable bonds is 10. The normalized spacial score (nSPS) is 11.0. The standard InChI is InChI=1S/C28H29ClFN5O2/c1-19-8-10-20(11-9-19)27(36)34(16-4-14-31)15-3-7-26-32-25-17-21(29)12-13-24(25)28(37)35(26)33-23-6-2-5-22(30)18-23/h2,5-6,8-13,17-18,33H,3-4,7,14-16,31H2,1H3. The zero-order chi connectivity index (χ0) is 26.4. The topological polar surface area (TPSA) is 93.2 Å². The van der Waals surface area contributed by atoms with Gasteiger partial charge in [0.1, 0.15) is 11.6 Å². The molecule has 0 saturated heterocycles. The number of amides is 1. The number of nitrogens with zero attached hydrogens (tertiary/aromatic N) is 3. The van der Waals surface area contributed by atoms with E-state index in [1.54, 1.807) is 35.2 Å². The van der Waals surface area contributed by atoms with E-state index in [1.807, 2.05) is 31.2 Å². The maximum Gasteiger partial charge on any atom is 0.280 e. The third-order valence-electron chi connectivity index (χ3n) is 6.01. The summed E-state index contributed by atoms with van der Waals surface area (Å²) in [6.07, 6.45) is 1.61. The highest BCUT2D eigenvalue weighted by atomic mass is 35.5. The second-order valence-corrected chi connectivity index (χ2v) is 9.29. The Bertz CT molecular complexity index is 1460. The van der Waals surface area contributed by atoms with E-state index in [0.29, 0.717) is 71.9 Å². The molecule has 0 aliphatic carbocycles. The number of aromatic nitrogens is 2. The number of hydrogen-bond acceptors (Lipinski definition) is 5. The van der Waals surface area contributed by atoms with Crippen LogP contribution in [0.15, 0.2) is 71.5 Å². The average Bonchev–Trinajstić information content (AvgIpc) is 2.88. The van der Waals surface area contributed by atoms with Gasteiger partial charge in [0.15, 0.2) is 0 Å². The Kier molecular flexibility index (Phi) is 8.53. The molecule has 7 nitrogen and oxygen atoms in total. The predicted molar refractivity (Wildman–Crippen MR) is 146 cm³/mol. The summed E-state index contributed by atoms with van der Waals surface area (Å²) in [5.74, 6) is -0.0436. The van der Waals surface area contributed by atoms with Crippen LogP contribution < -0.4 is 16.7 Å². The van der Waals surface area contributed by atoms with E-state index in [2.05, 4.69) is 10.4 Å². The van der Waals surface area contributed by atoms with Gasteiger partial charge in [-0.25, -0.2) is 14.1 Å². The van der Waals surface area contributed by atoms with Gasteiger partial charge in [-0.3, -0.25) is 15.0 Å². The Hall–Kier alpha value is -3.75. The van der Waals surface area contributed by atoms with E-state index in [9.17, 15) is 14.0 Å². The number of carbonyl (C=O) groups is 1. The van der Waals surface area contributed by atoms with Gasteiger partial charge in [-0.05, 0) is 74.8 Å². The number of aryl methyl sites for hydroxylation is 2. The van der Waals surface area contributed by atoms with Gasteiger partial charge in [0.05, 0.1) is 16.6 Å². The number of hydrogen-bond donors (Lipinski definition) is 2. The fourth-order valence-corrected chi connectivity index (χ4v) is 4.25. The van der Waals surface area contributed by atoms with Gasteiger partial charge in [-0.15, -0.1) is 0 Å². The molecule has 37 heavy (non-hydrogen) atoms. The minimum atomic E-state index is -0.426. The second-order valence-electron chi connectivity index (χ2n) is 8.86. The van der Waals surface area contributed by atoms with Crippen LogP contribution in [0.2, 0.25) is 5.02 Å². The summed E-state index contributed by atoms with van der Waals surface area (Å²) in [5, 5.41) is 0.856. The summed E-state index contributed by atoms with van der Waals surface area (Å²) < 4.78 is 15.1. The van der Waals surface area contributed by atoms with Crippen molar-refractivity contribution in [2.24, 2.45) is 5.73 Å². The molecule has 0 radical (unpaired) electrons. The minimum absolute atomic E-state index is 0.0676. The highest BCUT2D eigenvalue weighted by Crippen LogP contribution is 2.17. The molecular formula is C28H29ClFN5O2. The molecule has 0 aliphatic rings. The maximum atomic E-state index is 13.8. The third kappa shape index (κ3) is 6.53. The van der Waals surface area contributed by atoms with Gasteiger partial charge in [0, 0.05) is 30.1 Å². The van der Waals surface area contributed by atoms with Crippen LogP contribution in [-0.2, 0) is 6.42 Å². The van der Waals surface area contributed by atoms with Crippen molar-refractivity contribution in [2.75, 3.05) is 25.1 Å². The van der Waals surface area contributed by atoms with E-state index >= 15 is 0 Å². The number of benzene rings is 3. The molecule has 0 saturated carbocycles. The summed E-state index contributed by atoms with van der Waals surface area (Å²) >= 11 is 6.15. The molecule has 0 spiro atoms. The monoisotopic (exact) mass is 521 g/mol. The van der Waals surface area contributed by atoms with Crippen LogP contribution in [0.3, 0.4) is 0 Å². The van der Waals surface area contributed by atoms with Crippen molar-refractivity contribution in [1.82, 2.24) is 14.6 Å². The zero-order valence-electron chi connectivity index (χ0n) is 20.6. The molecule has 0 fully saturated rings. The average molecular weight is 522 g/mol. The van der Waals surface area contributed by atoms with E-state index in [1.165, 1.54) is 16.8 Å². The van der Waals surface area contributed by atoms with Crippen molar-refractivity contribution in [3.63, 3.8) is 0 Å². The first-order valence-corrected chi connectivity index (χ1v) is 12.5. The van der Waals surface area contributed by atoms with Crippen molar-refractivity contribution in [3.05, 3.63) is 105 Å². The summed E-state index contributed by atoms with van der Waals surface area (Å²) in [4.78, 5) is 33.0. The first kappa shape index (κ1) is 26.3. The Morgan fingerprint density at radius 2 is 1.84 bits per heavy atom. The quantitative estimate of drug-likeness (QED) is 0.313. The van der Waals surface area contributed by atoms with Gasteiger partial charge in [0.2, 0.25) is 0 Å². The number of fused-ring (bicyclic) bond motifs is 1. The number of nitrogens with two attached hydrogens (primary N) is 1. The third-order valence-corrected chi connectivity index (χ3v) is 6.25. The fraction of sp³-hybridized carbons (Fsp3) is 0.250. The SMILES string of the molecule is Cc1ccc(C(=O)N(CCCN)CCCc2nc3cc(Cl)ccc3c(=O)n2Nc2cccc(F)c2)cc1. The van der Waals surface area contributed by atoms with Gasteiger partial charge in [-0.1, -0.05) is 35.4 Å². The fourth-order valence-electron chi connectivity index (χ4n) is 4.08. The molecule has 1 amide bonds. The van der Waals surface area contributed by atoms with Crippen LogP contribution in [0.5, 0.6) is 0 Å². The second kappa shape index (κ2) is 12.0. The predicted octanol–water partition coefficient (Wildman–Crippen LogP) is 4.80. The van der Waals surface area contributed by atoms with Crippen LogP contribution in [0.4, 0.5) is 10.1 Å². The lowest BCUT2D eigenvalue weighted by molar-refractivity contribution is 0.0752. The molecule has 0 atom stereocenters. The molecule has 1 aromatic heterocycles. The molecule has 3 N–H and O–H groups in total. The minimum Gasteiger partial charge on any atom is -0.339 e. The Balaban J connectivity index is 1.60. The molecule has 4 aromatic rings. The number of anilines is 1. The summed E-state index contributed by atoms with van der Waals surface area (Å²) in [6.45, 7) is 3.43. The van der Waals surface area contributed by atoms with Gasteiger partial charge < -0.3 is 10.6 Å². The molecule has 0 bridgehead atoms. The van der Waals surface area contributed by atoms with Crippen molar-refractivity contribution in [2.45, 2.75) is 26.2 Å². The van der Waals surface area contributed by atoms with E-state index in [-0.39, 0.29) is 11.5 Å². The molecule has 1 heterocycles. The first-order valence-electron chi connectivity index (χ1n) is 12.2. The first-order chi connectivity index (χ1) is 17.9. The lowest BCUT2D eigenvalue weighted by Gasteiger charge is -2.23. The Labute approximate surface area is 219 Å². The molecule has 9 heteroatoms. The number of halogens is 2. The highest BCUT2D eigenvalue weighted by Gasteiger charge is 2.17. The van der Waals surface area contributed by atoms with Crippen LogP contribution in [0, 0.1) is 12.7 Å². The number of nitrogens with one attached hydrogen (secondary N) is 1. The summed E-state index contributed by atoms with van der Waals surface area (Å²) in [6, 6.07) is 18.2. The van der Waals surface area contributed by atoms with Gasteiger partial charge >= 0.3 is 0 Å². The molecule has 3 aromatic carbocycles. The van der Waals surface area contributed by atoms with Crippen LogP contribution in [0.25, 0.3) is 10.9 Å². The van der Waals surface area contributed by atoms with Crippen LogP contribution >= 0.6 is 11.6 Å². The highest BCUT2D eigenvalue weighted by molar-refractivity contribution is 6.31. The van der Waals surface area contributed by atoms with E-state index < -0.39 is 5.82 Å². The Morgan fingerprint density at radius 1 is 1.08 bits per heavy atom. The van der Waals surface area contributed by atoms with Gasteiger partial charge in [-0.2, -0.15) is 0 Å². The molecule has 4 rings (SSSR count). The van der Waals surface area contributed by atoms with E-state index in [0.717, 1.165) is 5.56 Å². The van der Waals surface area contributed by atoms with E-state index in [4.69, 9.17) is 17.3 Å². The van der Waals surface area contributed by atoms with Crippen molar-refractivity contribution < 1.29 is 9.18 Å². The largest absolute Gasteiger partial charge is 0.339 e. The number of carbonyl (C=O) groups excluding carboxylic acids is 1. The molecule has 192 valence electrons. The van der Waals surface area contributed by atoms with Crippen molar-refractivity contribution in [3.8, 4) is 0 Å². The summed E-state index contributed by atoms with van der Waals surface area (Å²) in [5.41, 5.74) is 11.0. The van der Waals surface area contributed by atoms with Gasteiger partial charge in [0.25, 0.3) is 11.5 Å². The van der Waals surface area contributed by atoms with Crippen LogP contribution in [0.1, 0.15) is 34.6 Å². The van der Waals surface area contributed by atoms with Crippen molar-refractivity contribution in [1.29, 1.82) is 0 Å². The summed E-state index contributed by atoms with van der Waals surface area (Å²) in [7, 11) is 0. The smallest absolute Gasteiger partial charge is 0.280 e. The van der Waals surface area contributed by atoms with Crippen LogP contribution in [-0.4, -0.2) is 40.1 Å².